The Kier molecular flexibility index (Phi) is 6.94. The zero-order valence-electron chi connectivity index (χ0n) is 14.7. The van der Waals surface area contributed by atoms with Crippen LogP contribution in [0.5, 0.6) is 11.5 Å². The number of methoxy groups -OCH3 is 1. The molecule has 0 atom stereocenters. The van der Waals surface area contributed by atoms with Crippen LogP contribution in [-0.4, -0.2) is 30.3 Å². The zero-order chi connectivity index (χ0) is 19.2. The third-order valence-electron chi connectivity index (χ3n) is 4.50. The largest absolute Gasteiger partial charge is 0.504 e. The molecule has 1 aromatic carbocycles. The number of alkyl halides is 3. The van der Waals surface area contributed by atoms with Gasteiger partial charge in [0.05, 0.1) is 20.0 Å². The molecule has 0 radical (unpaired) electrons. The molecule has 2 N–H and O–H groups in total. The van der Waals surface area contributed by atoms with Crippen LogP contribution >= 0.6 is 0 Å². The van der Waals surface area contributed by atoms with Crippen LogP contribution in [0.15, 0.2) is 30.4 Å². The summed E-state index contributed by atoms with van der Waals surface area (Å²) in [7, 11) is 1.44. The van der Waals surface area contributed by atoms with Crippen LogP contribution in [0.25, 0.3) is 0 Å². The summed E-state index contributed by atoms with van der Waals surface area (Å²) >= 11 is 0. The van der Waals surface area contributed by atoms with Crippen molar-refractivity contribution in [3.05, 3.63) is 35.9 Å². The monoisotopic (exact) mass is 371 g/mol. The van der Waals surface area contributed by atoms with E-state index in [4.69, 9.17) is 4.74 Å². The van der Waals surface area contributed by atoms with Gasteiger partial charge < -0.3 is 15.2 Å². The normalized spacial score (nSPS) is 20.9. The molecule has 1 aliphatic rings. The summed E-state index contributed by atoms with van der Waals surface area (Å²) in [5.41, 5.74) is 0.737. The fraction of sp³-hybridized carbons (Fsp3) is 0.526. The predicted octanol–water partition coefficient (Wildman–Crippen LogP) is 4.13. The van der Waals surface area contributed by atoms with Crippen molar-refractivity contribution in [2.24, 2.45) is 5.92 Å². The first-order valence-corrected chi connectivity index (χ1v) is 8.65. The average Bonchev–Trinajstić information content (AvgIpc) is 2.57. The van der Waals surface area contributed by atoms with Gasteiger partial charge >= 0.3 is 6.18 Å². The van der Waals surface area contributed by atoms with Crippen LogP contribution in [0.2, 0.25) is 0 Å². The van der Waals surface area contributed by atoms with Gasteiger partial charge in [-0.15, -0.1) is 0 Å². The zero-order valence-corrected chi connectivity index (χ0v) is 14.7. The first-order valence-electron chi connectivity index (χ1n) is 8.65. The highest BCUT2D eigenvalue weighted by molar-refractivity contribution is 5.79. The third-order valence-corrected chi connectivity index (χ3v) is 4.50. The number of allylic oxidation sites excluding steroid dienone is 2. The van der Waals surface area contributed by atoms with Crippen LogP contribution in [0, 0.1) is 5.92 Å². The van der Waals surface area contributed by atoms with Gasteiger partial charge in [-0.2, -0.15) is 13.2 Å². The van der Waals surface area contributed by atoms with Crippen molar-refractivity contribution < 1.29 is 27.8 Å². The molecule has 0 saturated heterocycles. The van der Waals surface area contributed by atoms with Gasteiger partial charge in [0.1, 0.15) is 0 Å². The van der Waals surface area contributed by atoms with Gasteiger partial charge in [-0.05, 0) is 49.3 Å². The molecule has 26 heavy (non-hydrogen) atoms. The van der Waals surface area contributed by atoms with Gasteiger partial charge in [0.25, 0.3) is 0 Å². The minimum Gasteiger partial charge on any atom is -0.504 e. The standard InChI is InChI=1S/C19H24F3NO3/c1-26-17-11-14(6-9-16(17)24)12-18(25)23-15-7-4-13(5-8-15)3-2-10-19(20,21)22/h2-3,6,9,11,13,15,24H,4-5,7-8,10,12H2,1H3,(H,23,25)/t13-,15-. The number of aromatic hydroxyl groups is 1. The van der Waals surface area contributed by atoms with Crippen molar-refractivity contribution in [3.8, 4) is 11.5 Å². The molecule has 2 rings (SSSR count). The molecule has 1 saturated carbocycles. The molecule has 1 aliphatic carbocycles. The highest BCUT2D eigenvalue weighted by Gasteiger charge is 2.25. The molecular formula is C19H24F3NO3. The summed E-state index contributed by atoms with van der Waals surface area (Å²) in [5.74, 6) is 0.371. The number of phenolic OH excluding ortho intramolecular Hbond substituents is 1. The fourth-order valence-corrected chi connectivity index (χ4v) is 3.15. The number of halogens is 3. The van der Waals surface area contributed by atoms with Gasteiger partial charge in [0, 0.05) is 6.04 Å². The highest BCUT2D eigenvalue weighted by Crippen LogP contribution is 2.28. The molecule has 4 nitrogen and oxygen atoms in total. The van der Waals surface area contributed by atoms with Crippen molar-refractivity contribution in [1.82, 2.24) is 5.32 Å². The lowest BCUT2D eigenvalue weighted by Gasteiger charge is -2.27. The number of benzene rings is 1. The Morgan fingerprint density at radius 2 is 2.00 bits per heavy atom. The Hall–Kier alpha value is -2.18. The predicted molar refractivity (Wildman–Crippen MR) is 92.1 cm³/mol. The molecule has 0 aromatic heterocycles. The number of carbonyl (C=O) groups is 1. The van der Waals surface area contributed by atoms with Crippen molar-refractivity contribution in [3.63, 3.8) is 0 Å². The Morgan fingerprint density at radius 1 is 1.31 bits per heavy atom. The number of amides is 1. The minimum absolute atomic E-state index is 0.0218. The van der Waals surface area contributed by atoms with Crippen LogP contribution < -0.4 is 10.1 Å². The Morgan fingerprint density at radius 3 is 2.62 bits per heavy atom. The molecule has 0 spiro atoms. The maximum atomic E-state index is 12.2. The van der Waals surface area contributed by atoms with Crippen molar-refractivity contribution in [2.45, 2.75) is 50.7 Å². The topological polar surface area (TPSA) is 58.6 Å². The second-order valence-corrected chi connectivity index (χ2v) is 6.61. The minimum atomic E-state index is -4.15. The summed E-state index contributed by atoms with van der Waals surface area (Å²) in [6.07, 6.45) is 1.03. The van der Waals surface area contributed by atoms with E-state index in [9.17, 15) is 23.1 Å². The molecule has 1 amide bonds. The second-order valence-electron chi connectivity index (χ2n) is 6.61. The highest BCUT2D eigenvalue weighted by atomic mass is 19.4. The molecule has 144 valence electrons. The van der Waals surface area contributed by atoms with Gasteiger partial charge in [-0.1, -0.05) is 18.2 Å². The summed E-state index contributed by atoms with van der Waals surface area (Å²) in [6, 6.07) is 4.82. The van der Waals surface area contributed by atoms with E-state index in [1.54, 1.807) is 18.2 Å². The molecule has 0 unspecified atom stereocenters. The van der Waals surface area contributed by atoms with E-state index in [1.165, 1.54) is 19.3 Å². The lowest BCUT2D eigenvalue weighted by Crippen LogP contribution is -2.38. The molecule has 1 aromatic rings. The van der Waals surface area contributed by atoms with Crippen molar-refractivity contribution in [2.75, 3.05) is 7.11 Å². The summed E-state index contributed by atoms with van der Waals surface area (Å²) < 4.78 is 41.5. The molecule has 0 bridgehead atoms. The van der Waals surface area contributed by atoms with Gasteiger partial charge in [-0.25, -0.2) is 0 Å². The van der Waals surface area contributed by atoms with Gasteiger partial charge in [0.2, 0.25) is 5.91 Å². The maximum Gasteiger partial charge on any atom is 0.392 e. The summed E-state index contributed by atoms with van der Waals surface area (Å²) in [5, 5.41) is 12.5. The lowest BCUT2D eigenvalue weighted by atomic mass is 9.85. The van der Waals surface area contributed by atoms with E-state index in [1.807, 2.05) is 0 Å². The van der Waals surface area contributed by atoms with Crippen LogP contribution in [0.4, 0.5) is 13.2 Å². The Balaban J connectivity index is 1.76. The van der Waals surface area contributed by atoms with E-state index in [0.29, 0.717) is 5.75 Å². The fourth-order valence-electron chi connectivity index (χ4n) is 3.15. The van der Waals surface area contributed by atoms with E-state index in [0.717, 1.165) is 31.2 Å². The Bertz CT molecular complexity index is 635. The number of rotatable bonds is 6. The summed E-state index contributed by atoms with van der Waals surface area (Å²) in [4.78, 5) is 12.2. The van der Waals surface area contributed by atoms with Crippen LogP contribution in [-0.2, 0) is 11.2 Å². The maximum absolute atomic E-state index is 12.2. The van der Waals surface area contributed by atoms with E-state index < -0.39 is 12.6 Å². The number of carbonyl (C=O) groups excluding carboxylic acids is 1. The first kappa shape index (κ1) is 20.1. The average molecular weight is 371 g/mol. The first-order chi connectivity index (χ1) is 12.3. The van der Waals surface area contributed by atoms with Crippen LogP contribution in [0.1, 0.15) is 37.7 Å². The SMILES string of the molecule is COc1cc(CC(=O)N[C@H]2CC[C@H](C=CCC(F)(F)F)CC2)ccc1O. The third kappa shape index (κ3) is 6.61. The molecule has 0 aliphatic heterocycles. The van der Waals surface area contributed by atoms with E-state index >= 15 is 0 Å². The van der Waals surface area contributed by atoms with Gasteiger partial charge in [-0.3, -0.25) is 4.79 Å². The smallest absolute Gasteiger partial charge is 0.392 e. The number of phenols is 1. The molecule has 1 fully saturated rings. The van der Waals surface area contributed by atoms with Crippen molar-refractivity contribution in [1.29, 1.82) is 0 Å². The van der Waals surface area contributed by atoms with Crippen molar-refractivity contribution >= 4 is 5.91 Å². The Labute approximate surface area is 151 Å². The number of hydrogen-bond donors (Lipinski definition) is 2. The number of ether oxygens (including phenoxy) is 1. The summed E-state index contributed by atoms with van der Waals surface area (Å²) in [6.45, 7) is 0. The number of nitrogens with one attached hydrogen (secondary N) is 1. The quantitative estimate of drug-likeness (QED) is 0.740. The molecule has 0 heterocycles. The lowest BCUT2D eigenvalue weighted by molar-refractivity contribution is -0.125. The second kappa shape index (κ2) is 8.96. The van der Waals surface area contributed by atoms with E-state index in [2.05, 4.69) is 5.32 Å². The number of hydrogen-bond acceptors (Lipinski definition) is 3. The van der Waals surface area contributed by atoms with Crippen LogP contribution in [0.3, 0.4) is 0 Å². The van der Waals surface area contributed by atoms with E-state index in [-0.39, 0.29) is 30.0 Å². The molecular weight excluding hydrogens is 347 g/mol. The van der Waals surface area contributed by atoms with Gasteiger partial charge in [0.15, 0.2) is 11.5 Å². The molecule has 7 heteroatoms.